The van der Waals surface area contributed by atoms with Gasteiger partial charge in [0.1, 0.15) is 5.52 Å². The topological polar surface area (TPSA) is 65.1 Å². The van der Waals surface area contributed by atoms with Gasteiger partial charge in [-0.1, -0.05) is 57.0 Å². The Balaban J connectivity index is 1.67. The van der Waals surface area contributed by atoms with Gasteiger partial charge in [0.2, 0.25) is 0 Å². The molecule has 4 aromatic rings. The number of hydrogen-bond acceptors (Lipinski definition) is 4. The van der Waals surface area contributed by atoms with E-state index in [-0.39, 0.29) is 11.6 Å². The Bertz CT molecular complexity index is 1210. The first-order chi connectivity index (χ1) is 13.6. The van der Waals surface area contributed by atoms with Crippen molar-refractivity contribution in [1.82, 2.24) is 24.4 Å². The van der Waals surface area contributed by atoms with Crippen LogP contribution >= 0.6 is 0 Å². The highest BCUT2D eigenvalue weighted by Crippen LogP contribution is 2.37. The molecule has 142 valence electrons. The molecule has 1 fully saturated rings. The van der Waals surface area contributed by atoms with Crippen molar-refractivity contribution in [2.75, 3.05) is 0 Å². The summed E-state index contributed by atoms with van der Waals surface area (Å²) in [5, 5.41) is 13.2. The molecule has 0 spiro atoms. The van der Waals surface area contributed by atoms with Crippen molar-refractivity contribution in [2.24, 2.45) is 11.8 Å². The van der Waals surface area contributed by atoms with Crippen LogP contribution in [0, 0.1) is 11.8 Å². The Labute approximate surface area is 162 Å². The van der Waals surface area contributed by atoms with E-state index in [1.165, 1.54) is 6.42 Å². The van der Waals surface area contributed by atoms with E-state index in [4.69, 9.17) is 0 Å². The summed E-state index contributed by atoms with van der Waals surface area (Å²) in [6.07, 6.45) is 7.12. The van der Waals surface area contributed by atoms with Crippen LogP contribution in [0.4, 0.5) is 0 Å². The van der Waals surface area contributed by atoms with Crippen LogP contribution in [0.2, 0.25) is 0 Å². The lowest BCUT2D eigenvalue weighted by molar-refractivity contribution is 0.183. The van der Waals surface area contributed by atoms with Crippen LogP contribution in [0.1, 0.15) is 39.2 Å². The molecule has 6 nitrogen and oxygen atoms in total. The summed E-state index contributed by atoms with van der Waals surface area (Å²) in [5.74, 6) is 1.09. The fourth-order valence-corrected chi connectivity index (χ4v) is 4.54. The van der Waals surface area contributed by atoms with Gasteiger partial charge in [0.05, 0.1) is 6.20 Å². The molecule has 1 aliphatic rings. The number of benzene rings is 1. The van der Waals surface area contributed by atoms with Crippen molar-refractivity contribution >= 4 is 16.7 Å². The van der Waals surface area contributed by atoms with Gasteiger partial charge in [0.25, 0.3) is 5.56 Å². The van der Waals surface area contributed by atoms with Gasteiger partial charge in [-0.15, -0.1) is 10.2 Å². The van der Waals surface area contributed by atoms with Crippen LogP contribution in [0.15, 0.2) is 53.6 Å². The molecule has 1 aromatic carbocycles. The number of nitrogens with zero attached hydrogens (tertiary/aromatic N) is 5. The zero-order valence-corrected chi connectivity index (χ0v) is 16.1. The Morgan fingerprint density at radius 2 is 1.86 bits per heavy atom. The van der Waals surface area contributed by atoms with Crippen molar-refractivity contribution in [3.05, 3.63) is 59.1 Å². The van der Waals surface area contributed by atoms with Gasteiger partial charge in [-0.3, -0.25) is 4.79 Å². The van der Waals surface area contributed by atoms with Gasteiger partial charge in [0, 0.05) is 17.8 Å². The fraction of sp³-hybridized carbons (Fsp3) is 0.364. The van der Waals surface area contributed by atoms with Crippen molar-refractivity contribution in [2.45, 2.75) is 39.2 Å². The van der Waals surface area contributed by atoms with Crippen LogP contribution in [0.25, 0.3) is 27.8 Å². The second kappa shape index (κ2) is 6.55. The first-order valence-electron chi connectivity index (χ1n) is 9.96. The molecular weight excluding hydrogens is 350 g/mol. The van der Waals surface area contributed by atoms with E-state index in [9.17, 15) is 4.79 Å². The largest absolute Gasteiger partial charge is 0.310 e. The summed E-state index contributed by atoms with van der Waals surface area (Å²) in [5.41, 5.74) is 3.61. The van der Waals surface area contributed by atoms with Gasteiger partial charge in [-0.2, -0.15) is 5.10 Å². The van der Waals surface area contributed by atoms with Crippen LogP contribution in [0.5, 0.6) is 0 Å². The molecule has 5 rings (SSSR count). The second-order valence-corrected chi connectivity index (χ2v) is 7.96. The van der Waals surface area contributed by atoms with E-state index < -0.39 is 0 Å². The molecule has 0 saturated heterocycles. The van der Waals surface area contributed by atoms with Crippen LogP contribution in [0.3, 0.4) is 0 Å². The molecule has 0 amide bonds. The van der Waals surface area contributed by atoms with E-state index in [1.54, 1.807) is 10.7 Å². The second-order valence-electron chi connectivity index (χ2n) is 7.96. The zero-order valence-electron chi connectivity index (χ0n) is 16.1. The molecular formula is C22H23N5O. The Morgan fingerprint density at radius 1 is 1.04 bits per heavy atom. The van der Waals surface area contributed by atoms with E-state index in [0.717, 1.165) is 24.0 Å². The molecule has 3 atom stereocenters. The predicted octanol–water partition coefficient (Wildman–Crippen LogP) is 4.10. The van der Waals surface area contributed by atoms with Gasteiger partial charge in [0.15, 0.2) is 11.2 Å². The first-order valence-corrected chi connectivity index (χ1v) is 9.96. The summed E-state index contributed by atoms with van der Waals surface area (Å²) in [6, 6.07) is 12.2. The van der Waals surface area contributed by atoms with Gasteiger partial charge in [-0.05, 0) is 29.9 Å². The Hall–Kier alpha value is -3.02. The summed E-state index contributed by atoms with van der Waals surface area (Å²) < 4.78 is 3.59. The number of fused-ring (bicyclic) bond motifs is 3. The van der Waals surface area contributed by atoms with Crippen LogP contribution in [-0.4, -0.2) is 24.4 Å². The number of aromatic nitrogens is 5. The minimum absolute atomic E-state index is 0.0744. The maximum Gasteiger partial charge on any atom is 0.280 e. The minimum Gasteiger partial charge on any atom is -0.310 e. The summed E-state index contributed by atoms with van der Waals surface area (Å²) >= 11 is 0. The zero-order chi connectivity index (χ0) is 19.3. The molecule has 1 aliphatic carbocycles. The highest BCUT2D eigenvalue weighted by molar-refractivity contribution is 5.82. The molecule has 1 saturated carbocycles. The van der Waals surface area contributed by atoms with Gasteiger partial charge >= 0.3 is 0 Å². The summed E-state index contributed by atoms with van der Waals surface area (Å²) in [7, 11) is 0. The number of hydrogen-bond donors (Lipinski definition) is 0. The number of rotatable bonds is 2. The quantitative estimate of drug-likeness (QED) is 0.530. The van der Waals surface area contributed by atoms with E-state index >= 15 is 0 Å². The molecule has 3 heterocycles. The molecule has 0 unspecified atom stereocenters. The Kier molecular flexibility index (Phi) is 4.00. The van der Waals surface area contributed by atoms with Gasteiger partial charge in [-0.25, -0.2) is 4.52 Å². The van der Waals surface area contributed by atoms with Crippen LogP contribution in [-0.2, 0) is 0 Å². The smallest absolute Gasteiger partial charge is 0.280 e. The lowest BCUT2D eigenvalue weighted by Gasteiger charge is -2.35. The average molecular weight is 373 g/mol. The standard InChI is InChI=1S/C22H23N5O/c1-14-7-6-10-18(15(14)2)26-12-11-19-20(22(26)28)24-25-21-17(13-23-27(19)21)16-8-4-3-5-9-16/h3-5,8-9,11-15,18H,6-7,10H2,1-2H3/t14-,15-,18-/m1/s1. The minimum atomic E-state index is -0.0744. The molecule has 6 heteroatoms. The highest BCUT2D eigenvalue weighted by Gasteiger charge is 2.29. The third-order valence-corrected chi connectivity index (χ3v) is 6.40. The molecule has 0 bridgehead atoms. The van der Waals surface area contributed by atoms with Crippen LogP contribution < -0.4 is 5.56 Å². The highest BCUT2D eigenvalue weighted by atomic mass is 16.1. The maximum atomic E-state index is 13.2. The van der Waals surface area contributed by atoms with E-state index in [1.807, 2.05) is 47.2 Å². The van der Waals surface area contributed by atoms with Crippen molar-refractivity contribution in [1.29, 1.82) is 0 Å². The van der Waals surface area contributed by atoms with E-state index in [0.29, 0.717) is 28.5 Å². The number of pyridine rings is 1. The normalized spacial score (nSPS) is 22.7. The molecule has 0 N–H and O–H groups in total. The first kappa shape index (κ1) is 17.1. The Morgan fingerprint density at radius 3 is 2.68 bits per heavy atom. The van der Waals surface area contributed by atoms with Crippen molar-refractivity contribution in [3.63, 3.8) is 0 Å². The summed E-state index contributed by atoms with van der Waals surface area (Å²) in [6.45, 7) is 4.53. The van der Waals surface area contributed by atoms with Crippen molar-refractivity contribution in [3.8, 4) is 11.1 Å². The SMILES string of the molecule is C[C@@H]1[C@H](C)CCC[C@H]1n1ccc2c(nnc3c(-c4ccccc4)cnn32)c1=O. The lowest BCUT2D eigenvalue weighted by Crippen LogP contribution is -2.34. The molecule has 0 aliphatic heterocycles. The summed E-state index contributed by atoms with van der Waals surface area (Å²) in [4.78, 5) is 13.2. The fourth-order valence-electron chi connectivity index (χ4n) is 4.54. The molecule has 3 aromatic heterocycles. The molecule has 28 heavy (non-hydrogen) atoms. The third kappa shape index (κ3) is 2.55. The monoisotopic (exact) mass is 373 g/mol. The average Bonchev–Trinajstić information content (AvgIpc) is 3.16. The molecule has 0 radical (unpaired) electrons. The third-order valence-electron chi connectivity index (χ3n) is 6.40. The maximum absolute atomic E-state index is 13.2. The van der Waals surface area contributed by atoms with E-state index in [2.05, 4.69) is 29.1 Å². The lowest BCUT2D eigenvalue weighted by atomic mass is 9.78. The predicted molar refractivity (Wildman–Crippen MR) is 109 cm³/mol. The van der Waals surface area contributed by atoms with Crippen molar-refractivity contribution < 1.29 is 0 Å². The van der Waals surface area contributed by atoms with Gasteiger partial charge < -0.3 is 4.57 Å².